The molecule has 0 heterocycles. The molecule has 0 bridgehead atoms. The van der Waals surface area contributed by atoms with E-state index in [1.807, 2.05) is 18.2 Å². The van der Waals surface area contributed by atoms with E-state index >= 15 is 0 Å². The van der Waals surface area contributed by atoms with Crippen LogP contribution in [-0.4, -0.2) is 18.2 Å². The summed E-state index contributed by atoms with van der Waals surface area (Å²) in [6.07, 6.45) is 5.06. The van der Waals surface area contributed by atoms with Crippen LogP contribution in [0.15, 0.2) is 30.3 Å². The van der Waals surface area contributed by atoms with E-state index in [2.05, 4.69) is 19.2 Å². The van der Waals surface area contributed by atoms with Crippen LogP contribution in [-0.2, 0) is 4.79 Å². The van der Waals surface area contributed by atoms with Crippen molar-refractivity contribution in [1.29, 1.82) is 0 Å². The molecule has 1 fully saturated rings. The van der Waals surface area contributed by atoms with Crippen LogP contribution >= 0.6 is 0 Å². The Labute approximate surface area is 127 Å². The minimum absolute atomic E-state index is 0.0263. The number of hydrogen-bond donors (Lipinski definition) is 1. The van der Waals surface area contributed by atoms with Gasteiger partial charge in [0.25, 0.3) is 0 Å². The van der Waals surface area contributed by atoms with Gasteiger partial charge in [-0.1, -0.05) is 57.0 Å². The maximum Gasteiger partial charge on any atom is 0.226 e. The minimum Gasteiger partial charge on any atom is -0.348 e. The first-order chi connectivity index (χ1) is 10.0. The number of ketones is 1. The summed E-state index contributed by atoms with van der Waals surface area (Å²) in [5.41, 5.74) is 0.410. The van der Waals surface area contributed by atoms with Gasteiger partial charge in [-0.05, 0) is 25.2 Å². The Balaban J connectivity index is 1.95. The first-order valence-corrected chi connectivity index (χ1v) is 7.90. The number of carbonyl (C=O) groups excluding carboxylic acids is 2. The molecule has 1 aromatic rings. The highest BCUT2D eigenvalue weighted by molar-refractivity contribution is 5.99. The number of benzene rings is 1. The van der Waals surface area contributed by atoms with Crippen molar-refractivity contribution in [3.63, 3.8) is 0 Å². The quantitative estimate of drug-likeness (QED) is 0.813. The number of amides is 1. The highest BCUT2D eigenvalue weighted by atomic mass is 16.2. The average molecular weight is 287 g/mol. The third-order valence-corrected chi connectivity index (χ3v) is 4.35. The van der Waals surface area contributed by atoms with Gasteiger partial charge in [0.15, 0.2) is 5.78 Å². The Bertz CT molecular complexity index is 487. The molecule has 21 heavy (non-hydrogen) atoms. The summed E-state index contributed by atoms with van der Waals surface area (Å²) >= 11 is 0. The number of rotatable bonds is 6. The molecular weight excluding hydrogens is 262 g/mol. The van der Waals surface area contributed by atoms with Gasteiger partial charge in [-0.15, -0.1) is 0 Å². The van der Waals surface area contributed by atoms with Gasteiger partial charge < -0.3 is 5.32 Å². The fourth-order valence-electron chi connectivity index (χ4n) is 3.43. The molecule has 0 atom stereocenters. The summed E-state index contributed by atoms with van der Waals surface area (Å²) < 4.78 is 0. The lowest BCUT2D eigenvalue weighted by atomic mass is 9.77. The van der Waals surface area contributed by atoms with Crippen molar-refractivity contribution in [3.8, 4) is 0 Å². The van der Waals surface area contributed by atoms with Crippen molar-refractivity contribution >= 4 is 11.7 Å². The molecule has 1 aliphatic carbocycles. The van der Waals surface area contributed by atoms with E-state index in [-0.39, 0.29) is 23.7 Å². The lowest BCUT2D eigenvalue weighted by Crippen LogP contribution is -2.42. The van der Waals surface area contributed by atoms with Gasteiger partial charge in [-0.2, -0.15) is 0 Å². The zero-order valence-electron chi connectivity index (χ0n) is 13.0. The number of hydrogen-bond acceptors (Lipinski definition) is 2. The average Bonchev–Trinajstić information content (AvgIpc) is 2.94. The summed E-state index contributed by atoms with van der Waals surface area (Å²) in [4.78, 5) is 24.7. The molecule has 1 amide bonds. The monoisotopic (exact) mass is 287 g/mol. The smallest absolute Gasteiger partial charge is 0.226 e. The third-order valence-electron chi connectivity index (χ3n) is 4.35. The largest absolute Gasteiger partial charge is 0.348 e. The van der Waals surface area contributed by atoms with Gasteiger partial charge in [-0.25, -0.2) is 0 Å². The normalized spacial score (nSPS) is 16.9. The highest BCUT2D eigenvalue weighted by Crippen LogP contribution is 2.43. The van der Waals surface area contributed by atoms with Crippen molar-refractivity contribution in [2.75, 3.05) is 6.54 Å². The third kappa shape index (κ3) is 3.93. The van der Waals surface area contributed by atoms with E-state index in [9.17, 15) is 9.59 Å². The van der Waals surface area contributed by atoms with Crippen molar-refractivity contribution in [2.45, 2.75) is 46.0 Å². The van der Waals surface area contributed by atoms with Crippen molar-refractivity contribution in [1.82, 2.24) is 5.32 Å². The van der Waals surface area contributed by atoms with E-state index in [0.717, 1.165) is 32.1 Å². The number of nitrogens with one attached hydrogen (secondary N) is 1. The Morgan fingerprint density at radius 3 is 2.33 bits per heavy atom. The number of Topliss-reactive ketones (excluding diaryl/α,β-unsaturated/α-hetero) is 1. The topological polar surface area (TPSA) is 46.2 Å². The maximum atomic E-state index is 12.6. The van der Waals surface area contributed by atoms with Crippen LogP contribution in [0.3, 0.4) is 0 Å². The summed E-state index contributed by atoms with van der Waals surface area (Å²) in [6.45, 7) is 4.41. The lowest BCUT2D eigenvalue weighted by molar-refractivity contribution is -0.131. The van der Waals surface area contributed by atoms with Crippen LogP contribution in [0.4, 0.5) is 0 Å². The molecule has 1 saturated carbocycles. The van der Waals surface area contributed by atoms with Crippen LogP contribution in [0.5, 0.6) is 0 Å². The molecule has 0 unspecified atom stereocenters. The molecule has 0 spiro atoms. The van der Waals surface area contributed by atoms with Crippen LogP contribution in [0.2, 0.25) is 0 Å². The standard InChI is InChI=1S/C18H25NO2/c1-14(2)12-18(10-6-7-11-18)17(21)19-13-16(20)15-8-4-3-5-9-15/h3-5,8-9,14H,6-7,10-13H2,1-2H3,(H,19,21). The predicted octanol–water partition coefficient (Wildman–Crippen LogP) is 3.59. The summed E-state index contributed by atoms with van der Waals surface area (Å²) in [5, 5.41) is 2.88. The number of carbonyl (C=O) groups is 2. The molecule has 0 aromatic heterocycles. The molecular formula is C18H25NO2. The second kappa shape index (κ2) is 6.88. The fraction of sp³-hybridized carbons (Fsp3) is 0.556. The van der Waals surface area contributed by atoms with Crippen LogP contribution in [0.25, 0.3) is 0 Å². The SMILES string of the molecule is CC(C)CC1(C(=O)NCC(=O)c2ccccc2)CCCC1. The predicted molar refractivity (Wildman–Crippen MR) is 84.1 cm³/mol. The van der Waals surface area contributed by atoms with Gasteiger partial charge in [0.05, 0.1) is 6.54 Å². The van der Waals surface area contributed by atoms with Crippen molar-refractivity contribution in [3.05, 3.63) is 35.9 Å². The lowest BCUT2D eigenvalue weighted by Gasteiger charge is -2.29. The zero-order chi connectivity index (χ0) is 15.3. The van der Waals surface area contributed by atoms with Gasteiger partial charge in [0, 0.05) is 11.0 Å². The minimum atomic E-state index is -0.245. The molecule has 1 aliphatic rings. The molecule has 0 saturated heterocycles. The van der Waals surface area contributed by atoms with E-state index in [1.54, 1.807) is 12.1 Å². The Morgan fingerprint density at radius 1 is 1.14 bits per heavy atom. The Kier molecular flexibility index (Phi) is 5.16. The van der Waals surface area contributed by atoms with Gasteiger partial charge in [0.2, 0.25) is 5.91 Å². The Morgan fingerprint density at radius 2 is 1.76 bits per heavy atom. The Hall–Kier alpha value is -1.64. The van der Waals surface area contributed by atoms with Gasteiger partial charge in [0.1, 0.15) is 0 Å². The van der Waals surface area contributed by atoms with Crippen LogP contribution in [0.1, 0.15) is 56.3 Å². The second-order valence-corrected chi connectivity index (χ2v) is 6.56. The maximum absolute atomic E-state index is 12.6. The van der Waals surface area contributed by atoms with E-state index in [1.165, 1.54) is 0 Å². The second-order valence-electron chi connectivity index (χ2n) is 6.56. The van der Waals surface area contributed by atoms with Gasteiger partial charge >= 0.3 is 0 Å². The molecule has 3 heteroatoms. The molecule has 1 aromatic carbocycles. The first-order valence-electron chi connectivity index (χ1n) is 7.90. The summed E-state index contributed by atoms with van der Waals surface area (Å²) in [7, 11) is 0. The molecule has 3 nitrogen and oxygen atoms in total. The zero-order valence-corrected chi connectivity index (χ0v) is 13.0. The first kappa shape index (κ1) is 15.7. The fourth-order valence-corrected chi connectivity index (χ4v) is 3.43. The van der Waals surface area contributed by atoms with Crippen molar-refractivity contribution in [2.24, 2.45) is 11.3 Å². The van der Waals surface area contributed by atoms with Gasteiger partial charge in [-0.3, -0.25) is 9.59 Å². The molecule has 2 rings (SSSR count). The van der Waals surface area contributed by atoms with Crippen molar-refractivity contribution < 1.29 is 9.59 Å². The molecule has 114 valence electrons. The molecule has 1 N–H and O–H groups in total. The van der Waals surface area contributed by atoms with E-state index in [4.69, 9.17) is 0 Å². The summed E-state index contributed by atoms with van der Waals surface area (Å²) in [5.74, 6) is 0.540. The van der Waals surface area contributed by atoms with E-state index in [0.29, 0.717) is 11.5 Å². The van der Waals surface area contributed by atoms with E-state index < -0.39 is 0 Å². The highest BCUT2D eigenvalue weighted by Gasteiger charge is 2.41. The molecule has 0 radical (unpaired) electrons. The van der Waals surface area contributed by atoms with Crippen LogP contribution < -0.4 is 5.32 Å². The summed E-state index contributed by atoms with van der Waals surface area (Å²) in [6, 6.07) is 9.13. The molecule has 0 aliphatic heterocycles. The van der Waals surface area contributed by atoms with Crippen LogP contribution in [0, 0.1) is 11.3 Å².